The van der Waals surface area contributed by atoms with Crippen molar-refractivity contribution >= 4 is 11.8 Å². The summed E-state index contributed by atoms with van der Waals surface area (Å²) in [5, 5.41) is 0. The summed E-state index contributed by atoms with van der Waals surface area (Å²) >= 11 is 0. The molecule has 122 valence electrons. The number of rotatable bonds is 2. The number of piperidine rings is 1. The first kappa shape index (κ1) is 16.7. The first-order valence-corrected chi connectivity index (χ1v) is 8.01. The van der Waals surface area contributed by atoms with Crippen molar-refractivity contribution in [2.75, 3.05) is 32.1 Å². The van der Waals surface area contributed by atoms with Crippen LogP contribution in [0.2, 0.25) is 0 Å². The van der Waals surface area contributed by atoms with E-state index in [9.17, 15) is 4.79 Å². The van der Waals surface area contributed by atoms with Gasteiger partial charge in [-0.15, -0.1) is 0 Å². The zero-order chi connectivity index (χ0) is 16.3. The number of benzene rings is 1. The first-order chi connectivity index (χ1) is 10.3. The molecule has 4 heteroatoms. The van der Waals surface area contributed by atoms with E-state index < -0.39 is 5.60 Å². The zero-order valence-corrected chi connectivity index (χ0v) is 14.4. The van der Waals surface area contributed by atoms with Crippen LogP contribution in [0.5, 0.6) is 0 Å². The number of ether oxygens (including phenoxy) is 1. The lowest BCUT2D eigenvalue weighted by molar-refractivity contribution is 0.0205. The van der Waals surface area contributed by atoms with Crippen molar-refractivity contribution in [1.29, 1.82) is 0 Å². The topological polar surface area (TPSA) is 32.8 Å². The molecule has 1 heterocycles. The summed E-state index contributed by atoms with van der Waals surface area (Å²) in [7, 11) is 4.10. The van der Waals surface area contributed by atoms with Gasteiger partial charge in [-0.25, -0.2) is 4.79 Å². The van der Waals surface area contributed by atoms with Crippen molar-refractivity contribution in [3.8, 4) is 0 Å². The second kappa shape index (κ2) is 6.59. The second-order valence-corrected chi connectivity index (χ2v) is 7.23. The number of hydrogen-bond donors (Lipinski definition) is 0. The monoisotopic (exact) mass is 304 g/mol. The molecule has 0 N–H and O–H groups in total. The quantitative estimate of drug-likeness (QED) is 0.831. The molecule has 1 aliphatic rings. The van der Waals surface area contributed by atoms with Gasteiger partial charge in [-0.05, 0) is 57.2 Å². The van der Waals surface area contributed by atoms with Crippen LogP contribution in [-0.4, -0.2) is 43.8 Å². The minimum absolute atomic E-state index is 0.186. The van der Waals surface area contributed by atoms with Crippen LogP contribution in [0.4, 0.5) is 10.5 Å². The van der Waals surface area contributed by atoms with E-state index in [2.05, 4.69) is 29.2 Å². The molecule has 22 heavy (non-hydrogen) atoms. The lowest BCUT2D eigenvalue weighted by Gasteiger charge is -2.33. The van der Waals surface area contributed by atoms with Crippen LogP contribution in [0.15, 0.2) is 24.3 Å². The van der Waals surface area contributed by atoms with Crippen molar-refractivity contribution in [2.45, 2.75) is 45.1 Å². The van der Waals surface area contributed by atoms with E-state index in [0.29, 0.717) is 5.92 Å². The summed E-state index contributed by atoms with van der Waals surface area (Å²) in [5.41, 5.74) is 2.17. The van der Waals surface area contributed by atoms with Crippen molar-refractivity contribution in [2.24, 2.45) is 0 Å². The Hall–Kier alpha value is -1.71. The van der Waals surface area contributed by atoms with E-state index >= 15 is 0 Å². The Balaban J connectivity index is 1.90. The van der Waals surface area contributed by atoms with Crippen LogP contribution in [-0.2, 0) is 4.74 Å². The number of nitrogens with zero attached hydrogens (tertiary/aromatic N) is 2. The van der Waals surface area contributed by atoms with Gasteiger partial charge in [-0.1, -0.05) is 12.1 Å². The van der Waals surface area contributed by atoms with E-state index in [1.54, 1.807) is 0 Å². The zero-order valence-electron chi connectivity index (χ0n) is 14.4. The third kappa shape index (κ3) is 4.39. The summed E-state index contributed by atoms with van der Waals surface area (Å²) in [4.78, 5) is 16.0. The number of amides is 1. The van der Waals surface area contributed by atoms with Crippen LogP contribution in [0.3, 0.4) is 0 Å². The highest BCUT2D eigenvalue weighted by molar-refractivity contribution is 5.68. The van der Waals surface area contributed by atoms with Crippen molar-refractivity contribution < 1.29 is 9.53 Å². The lowest BCUT2D eigenvalue weighted by Crippen LogP contribution is -2.41. The summed E-state index contributed by atoms with van der Waals surface area (Å²) in [5.74, 6) is 0.537. The van der Waals surface area contributed by atoms with Gasteiger partial charge in [-0.2, -0.15) is 0 Å². The molecule has 1 amide bonds. The lowest BCUT2D eigenvalue weighted by atomic mass is 9.89. The predicted octanol–water partition coefficient (Wildman–Crippen LogP) is 3.87. The molecule has 1 saturated heterocycles. The van der Waals surface area contributed by atoms with Crippen LogP contribution in [0.1, 0.15) is 45.1 Å². The Morgan fingerprint density at radius 3 is 2.14 bits per heavy atom. The fourth-order valence-corrected chi connectivity index (χ4v) is 2.77. The highest BCUT2D eigenvalue weighted by Gasteiger charge is 2.27. The third-order valence-corrected chi connectivity index (χ3v) is 4.03. The molecular weight excluding hydrogens is 276 g/mol. The van der Waals surface area contributed by atoms with E-state index in [1.165, 1.54) is 11.3 Å². The highest BCUT2D eigenvalue weighted by Crippen LogP contribution is 2.29. The number of carbonyl (C=O) groups is 1. The summed E-state index contributed by atoms with van der Waals surface area (Å²) < 4.78 is 5.44. The van der Waals surface area contributed by atoms with Crippen LogP contribution < -0.4 is 4.90 Å². The summed E-state index contributed by atoms with van der Waals surface area (Å²) in [6.07, 6.45) is 1.81. The fraction of sp³-hybridized carbons (Fsp3) is 0.611. The molecule has 2 rings (SSSR count). The SMILES string of the molecule is CN(C)c1ccc(C2CCN(C(=O)OC(C)(C)C)CC2)cc1. The molecule has 0 radical (unpaired) electrons. The van der Waals surface area contributed by atoms with Gasteiger partial charge >= 0.3 is 6.09 Å². The standard InChI is InChI=1S/C18H28N2O2/c1-18(2,3)22-17(21)20-12-10-15(11-13-20)14-6-8-16(9-7-14)19(4)5/h6-9,15H,10-13H2,1-5H3. The molecular formula is C18H28N2O2. The number of likely N-dealkylation sites (tertiary alicyclic amines) is 1. The summed E-state index contributed by atoms with van der Waals surface area (Å²) in [6.45, 7) is 7.27. The van der Waals surface area contributed by atoms with E-state index in [0.717, 1.165) is 25.9 Å². The number of anilines is 1. The van der Waals surface area contributed by atoms with Gasteiger partial charge in [0.1, 0.15) is 5.60 Å². The maximum atomic E-state index is 12.1. The Morgan fingerprint density at radius 2 is 1.68 bits per heavy atom. The Morgan fingerprint density at radius 1 is 1.14 bits per heavy atom. The maximum absolute atomic E-state index is 12.1. The van der Waals surface area contributed by atoms with Gasteiger partial charge in [-0.3, -0.25) is 0 Å². The average Bonchev–Trinajstić information content (AvgIpc) is 2.46. The Labute approximate surface area is 134 Å². The van der Waals surface area contributed by atoms with Crippen molar-refractivity contribution in [3.63, 3.8) is 0 Å². The Kier molecular flexibility index (Phi) is 4.99. The van der Waals surface area contributed by atoms with E-state index in [4.69, 9.17) is 4.74 Å². The van der Waals surface area contributed by atoms with E-state index in [-0.39, 0.29) is 6.09 Å². The minimum Gasteiger partial charge on any atom is -0.444 e. The van der Waals surface area contributed by atoms with Gasteiger partial charge in [0, 0.05) is 32.9 Å². The van der Waals surface area contributed by atoms with Crippen LogP contribution >= 0.6 is 0 Å². The van der Waals surface area contributed by atoms with Crippen molar-refractivity contribution in [3.05, 3.63) is 29.8 Å². The fourth-order valence-electron chi connectivity index (χ4n) is 2.77. The number of carbonyl (C=O) groups excluding carboxylic acids is 1. The number of hydrogen-bond acceptors (Lipinski definition) is 3. The van der Waals surface area contributed by atoms with Crippen LogP contribution in [0, 0.1) is 0 Å². The van der Waals surface area contributed by atoms with Gasteiger partial charge in [0.25, 0.3) is 0 Å². The molecule has 1 aromatic carbocycles. The van der Waals surface area contributed by atoms with Gasteiger partial charge in [0.2, 0.25) is 0 Å². The smallest absolute Gasteiger partial charge is 0.410 e. The molecule has 0 aromatic heterocycles. The second-order valence-electron chi connectivity index (χ2n) is 7.23. The molecule has 1 aromatic rings. The largest absolute Gasteiger partial charge is 0.444 e. The molecule has 0 aliphatic carbocycles. The highest BCUT2D eigenvalue weighted by atomic mass is 16.6. The molecule has 1 aliphatic heterocycles. The molecule has 0 atom stereocenters. The van der Waals surface area contributed by atoms with Crippen molar-refractivity contribution in [1.82, 2.24) is 4.90 Å². The average molecular weight is 304 g/mol. The third-order valence-electron chi connectivity index (χ3n) is 4.03. The molecule has 0 bridgehead atoms. The summed E-state index contributed by atoms with van der Waals surface area (Å²) in [6, 6.07) is 8.75. The minimum atomic E-state index is -0.421. The molecule has 0 saturated carbocycles. The normalized spacial score (nSPS) is 16.5. The van der Waals surface area contributed by atoms with Gasteiger partial charge < -0.3 is 14.5 Å². The molecule has 0 spiro atoms. The first-order valence-electron chi connectivity index (χ1n) is 8.01. The molecule has 1 fully saturated rings. The Bertz CT molecular complexity index is 495. The predicted molar refractivity (Wildman–Crippen MR) is 90.6 cm³/mol. The van der Waals surface area contributed by atoms with Gasteiger partial charge in [0.05, 0.1) is 0 Å². The molecule has 0 unspecified atom stereocenters. The maximum Gasteiger partial charge on any atom is 0.410 e. The van der Waals surface area contributed by atoms with E-state index in [1.807, 2.05) is 39.8 Å². The van der Waals surface area contributed by atoms with Gasteiger partial charge in [0.15, 0.2) is 0 Å². The molecule has 4 nitrogen and oxygen atoms in total. The van der Waals surface area contributed by atoms with Crippen LogP contribution in [0.25, 0.3) is 0 Å².